The van der Waals surface area contributed by atoms with Gasteiger partial charge in [-0.15, -0.1) is 0 Å². The molecule has 0 aliphatic heterocycles. The van der Waals surface area contributed by atoms with Crippen LogP contribution in [0.2, 0.25) is 0 Å². The summed E-state index contributed by atoms with van der Waals surface area (Å²) in [5.41, 5.74) is 5.19. The number of para-hydroxylation sites is 1. The molecule has 1 N–H and O–H groups in total. The Morgan fingerprint density at radius 2 is 1.35 bits per heavy atom. The number of benzene rings is 4. The van der Waals surface area contributed by atoms with Crippen LogP contribution in [0.25, 0.3) is 0 Å². The van der Waals surface area contributed by atoms with Crippen LogP contribution in [-0.4, -0.2) is 19.3 Å². The number of nitrogens with one attached hydrogen (secondary N) is 1. The van der Waals surface area contributed by atoms with E-state index in [2.05, 4.69) is 10.3 Å². The molecule has 6 nitrogen and oxygen atoms in total. The molecule has 4 aromatic carbocycles. The molecule has 5 aromatic rings. The first-order valence-electron chi connectivity index (χ1n) is 12.9. The van der Waals surface area contributed by atoms with Crippen LogP contribution >= 0.6 is 0 Å². The van der Waals surface area contributed by atoms with E-state index in [0.29, 0.717) is 11.4 Å². The smallest absolute Gasteiger partial charge is 0.264 e. The summed E-state index contributed by atoms with van der Waals surface area (Å²) in [7, 11) is -3.98. The number of rotatable bonds is 9. The third-order valence-corrected chi connectivity index (χ3v) is 8.34. The van der Waals surface area contributed by atoms with E-state index >= 15 is 0 Å². The molecule has 0 radical (unpaired) electrons. The van der Waals surface area contributed by atoms with Gasteiger partial charge in [0.05, 0.1) is 22.7 Å². The molecule has 0 aliphatic carbocycles. The maximum absolute atomic E-state index is 14.0. The average molecular weight is 548 g/mol. The van der Waals surface area contributed by atoms with Gasteiger partial charge in [0.1, 0.15) is 0 Å². The normalized spacial score (nSPS) is 11.1. The van der Waals surface area contributed by atoms with Gasteiger partial charge in [-0.2, -0.15) is 0 Å². The minimum atomic E-state index is -3.98. The summed E-state index contributed by atoms with van der Waals surface area (Å²) in [6.45, 7) is 1.98. The lowest BCUT2D eigenvalue weighted by Gasteiger charge is -2.26. The molecule has 5 rings (SSSR count). The number of sulfonamides is 1. The molecule has 200 valence electrons. The van der Waals surface area contributed by atoms with Crippen molar-refractivity contribution in [2.24, 2.45) is 0 Å². The fourth-order valence-corrected chi connectivity index (χ4v) is 5.88. The van der Waals surface area contributed by atoms with Gasteiger partial charge in [-0.05, 0) is 78.6 Å². The number of hydrogen-bond acceptors (Lipinski definition) is 4. The van der Waals surface area contributed by atoms with Gasteiger partial charge in [0, 0.05) is 18.1 Å². The number of nitrogens with zero attached hydrogens (tertiary/aromatic N) is 2. The molecular weight excluding hydrogens is 518 g/mol. The number of hydrogen-bond donors (Lipinski definition) is 1. The summed E-state index contributed by atoms with van der Waals surface area (Å²) >= 11 is 0. The van der Waals surface area contributed by atoms with E-state index in [1.165, 1.54) is 4.31 Å². The highest BCUT2D eigenvalue weighted by molar-refractivity contribution is 7.92. The maximum Gasteiger partial charge on any atom is 0.264 e. The molecule has 1 aromatic heterocycles. The topological polar surface area (TPSA) is 79.4 Å². The molecule has 40 heavy (non-hydrogen) atoms. The van der Waals surface area contributed by atoms with Crippen molar-refractivity contribution in [3.05, 3.63) is 155 Å². The number of carbonyl (C=O) groups excluding carboxylic acids is 1. The molecule has 0 fully saturated rings. The number of pyridine rings is 1. The van der Waals surface area contributed by atoms with E-state index in [0.717, 1.165) is 28.7 Å². The lowest BCUT2D eigenvalue weighted by molar-refractivity contribution is 0.102. The highest BCUT2D eigenvalue weighted by Gasteiger charge is 2.28. The van der Waals surface area contributed by atoms with E-state index < -0.39 is 15.9 Å². The van der Waals surface area contributed by atoms with E-state index in [1.54, 1.807) is 60.9 Å². The van der Waals surface area contributed by atoms with Crippen molar-refractivity contribution in [2.75, 3.05) is 9.62 Å². The van der Waals surface area contributed by atoms with Crippen molar-refractivity contribution in [1.82, 2.24) is 4.98 Å². The summed E-state index contributed by atoms with van der Waals surface area (Å²) in [6, 6.07) is 34.4. The Bertz CT molecular complexity index is 1690. The predicted molar refractivity (Wildman–Crippen MR) is 159 cm³/mol. The van der Waals surface area contributed by atoms with Gasteiger partial charge < -0.3 is 5.32 Å². The summed E-state index contributed by atoms with van der Waals surface area (Å²) in [6.07, 6.45) is 4.29. The van der Waals surface area contributed by atoms with Gasteiger partial charge in [0.25, 0.3) is 15.9 Å². The quantitative estimate of drug-likeness (QED) is 0.225. The van der Waals surface area contributed by atoms with Crippen LogP contribution < -0.4 is 9.62 Å². The zero-order chi connectivity index (χ0) is 28.0. The Labute approximate surface area is 235 Å². The van der Waals surface area contributed by atoms with Crippen LogP contribution in [0.5, 0.6) is 0 Å². The maximum atomic E-state index is 14.0. The van der Waals surface area contributed by atoms with Crippen LogP contribution in [0.4, 0.5) is 11.4 Å². The molecule has 1 amide bonds. The molecular formula is C33H29N3O3S. The van der Waals surface area contributed by atoms with Crippen LogP contribution in [0.3, 0.4) is 0 Å². The highest BCUT2D eigenvalue weighted by Crippen LogP contribution is 2.30. The molecule has 1 heterocycles. The molecule has 0 spiro atoms. The van der Waals surface area contributed by atoms with Gasteiger partial charge >= 0.3 is 0 Å². The number of anilines is 2. The third kappa shape index (κ3) is 6.27. The molecule has 0 saturated carbocycles. The highest BCUT2D eigenvalue weighted by atomic mass is 32.2. The fourth-order valence-electron chi connectivity index (χ4n) is 4.41. The zero-order valence-corrected chi connectivity index (χ0v) is 22.9. The SMILES string of the molecule is Cc1ccc(S(=O)(=O)N(Cc2ccccc2)c2ccccc2C(=O)Nc2ccc(Cc3ccncc3)cc2)cc1. The summed E-state index contributed by atoms with van der Waals surface area (Å²) < 4.78 is 29.2. The number of aryl methyl sites for hydroxylation is 1. The van der Waals surface area contributed by atoms with E-state index in [1.807, 2.05) is 73.7 Å². The van der Waals surface area contributed by atoms with Gasteiger partial charge in [0.15, 0.2) is 0 Å². The number of aromatic nitrogens is 1. The lowest BCUT2D eigenvalue weighted by atomic mass is 10.1. The van der Waals surface area contributed by atoms with Crippen LogP contribution in [0, 0.1) is 6.92 Å². The van der Waals surface area contributed by atoms with Crippen molar-refractivity contribution >= 4 is 27.3 Å². The summed E-state index contributed by atoms with van der Waals surface area (Å²) in [5.74, 6) is -0.394. The predicted octanol–water partition coefficient (Wildman–Crippen LogP) is 6.63. The third-order valence-electron chi connectivity index (χ3n) is 6.56. The van der Waals surface area contributed by atoms with Gasteiger partial charge in [0.2, 0.25) is 0 Å². The standard InChI is InChI=1S/C33H29N3O3S/c1-25-11-17-30(18-12-25)40(38,39)36(24-28-7-3-2-4-8-28)32-10-6-5-9-31(32)33(37)35-29-15-13-26(14-16-29)23-27-19-21-34-22-20-27/h2-22H,23-24H2,1H3,(H,35,37). The van der Waals surface area contributed by atoms with Gasteiger partial charge in [-0.1, -0.05) is 72.3 Å². The zero-order valence-electron chi connectivity index (χ0n) is 22.1. The first kappa shape index (κ1) is 26.8. The van der Waals surface area contributed by atoms with E-state index in [-0.39, 0.29) is 17.0 Å². The van der Waals surface area contributed by atoms with E-state index in [9.17, 15) is 13.2 Å². The monoisotopic (exact) mass is 547 g/mol. The van der Waals surface area contributed by atoms with Crippen molar-refractivity contribution in [1.29, 1.82) is 0 Å². The van der Waals surface area contributed by atoms with Crippen molar-refractivity contribution < 1.29 is 13.2 Å². The van der Waals surface area contributed by atoms with Crippen molar-refractivity contribution in [3.63, 3.8) is 0 Å². The second-order valence-corrected chi connectivity index (χ2v) is 11.4. The lowest BCUT2D eigenvalue weighted by Crippen LogP contribution is -2.32. The molecule has 0 saturated heterocycles. The van der Waals surface area contributed by atoms with Crippen LogP contribution in [0.15, 0.2) is 133 Å². The van der Waals surface area contributed by atoms with Crippen molar-refractivity contribution in [2.45, 2.75) is 24.8 Å². The Morgan fingerprint density at radius 1 is 0.725 bits per heavy atom. The van der Waals surface area contributed by atoms with Gasteiger partial charge in [-0.3, -0.25) is 14.1 Å². The molecule has 0 bridgehead atoms. The van der Waals surface area contributed by atoms with Gasteiger partial charge in [-0.25, -0.2) is 8.42 Å². The van der Waals surface area contributed by atoms with Crippen LogP contribution in [0.1, 0.15) is 32.6 Å². The fraction of sp³-hybridized carbons (Fsp3) is 0.0909. The van der Waals surface area contributed by atoms with E-state index in [4.69, 9.17) is 0 Å². The molecule has 0 atom stereocenters. The Morgan fingerprint density at radius 3 is 2.05 bits per heavy atom. The van der Waals surface area contributed by atoms with Crippen LogP contribution in [-0.2, 0) is 23.0 Å². The first-order valence-corrected chi connectivity index (χ1v) is 14.4. The second kappa shape index (κ2) is 12.0. The molecule has 0 unspecified atom stereocenters. The Kier molecular flexibility index (Phi) is 8.03. The molecule has 7 heteroatoms. The van der Waals surface area contributed by atoms with Crippen molar-refractivity contribution in [3.8, 4) is 0 Å². The Balaban J connectivity index is 1.45. The molecule has 0 aliphatic rings. The average Bonchev–Trinajstić information content (AvgIpc) is 2.98. The largest absolute Gasteiger partial charge is 0.322 e. The Hall–Kier alpha value is -4.75. The first-order chi connectivity index (χ1) is 19.4. The second-order valence-electron chi connectivity index (χ2n) is 9.51. The number of amides is 1. The minimum absolute atomic E-state index is 0.0745. The summed E-state index contributed by atoms with van der Waals surface area (Å²) in [4.78, 5) is 17.7. The minimum Gasteiger partial charge on any atom is -0.322 e. The number of carbonyl (C=O) groups is 1. The summed E-state index contributed by atoms with van der Waals surface area (Å²) in [5, 5.41) is 2.94.